The number of benzene rings is 1. The summed E-state index contributed by atoms with van der Waals surface area (Å²) < 4.78 is 11.0. The number of ether oxygens (including phenoxy) is 2. The van der Waals surface area contributed by atoms with Crippen LogP contribution in [-0.4, -0.2) is 55.6 Å². The van der Waals surface area contributed by atoms with Gasteiger partial charge >= 0.3 is 0 Å². The molecular formula is C18H26ClN3O4. The van der Waals surface area contributed by atoms with Crippen molar-refractivity contribution in [3.63, 3.8) is 0 Å². The number of rotatable bonds is 6. The Bertz CT molecular complexity index is 635. The van der Waals surface area contributed by atoms with Crippen LogP contribution in [0.4, 0.5) is 5.69 Å². The van der Waals surface area contributed by atoms with E-state index in [4.69, 9.17) is 9.47 Å². The third kappa shape index (κ3) is 5.25. The Morgan fingerprint density at radius 1 is 1.27 bits per heavy atom. The Morgan fingerprint density at radius 3 is 2.73 bits per heavy atom. The van der Waals surface area contributed by atoms with Gasteiger partial charge in [0.15, 0.2) is 11.5 Å². The number of fused-ring (bicyclic) bond motifs is 1. The maximum atomic E-state index is 12.4. The molecule has 144 valence electrons. The Kier molecular flexibility index (Phi) is 7.53. The smallest absolute Gasteiger partial charge is 0.243 e. The molecule has 0 bridgehead atoms. The van der Waals surface area contributed by atoms with E-state index in [2.05, 4.69) is 10.6 Å². The minimum absolute atomic E-state index is 0. The molecule has 1 atom stereocenters. The summed E-state index contributed by atoms with van der Waals surface area (Å²) in [5, 5.41) is 6.14. The second-order valence-corrected chi connectivity index (χ2v) is 6.31. The molecular weight excluding hydrogens is 358 g/mol. The lowest BCUT2D eigenvalue weighted by molar-refractivity contribution is -0.134. The van der Waals surface area contributed by atoms with Crippen molar-refractivity contribution in [2.75, 3.05) is 38.2 Å². The van der Waals surface area contributed by atoms with Gasteiger partial charge in [-0.05, 0) is 38.4 Å². The highest BCUT2D eigenvalue weighted by Gasteiger charge is 2.22. The topological polar surface area (TPSA) is 79.9 Å². The van der Waals surface area contributed by atoms with E-state index in [9.17, 15) is 9.59 Å². The zero-order valence-corrected chi connectivity index (χ0v) is 15.8. The Morgan fingerprint density at radius 2 is 2.04 bits per heavy atom. The van der Waals surface area contributed by atoms with Crippen molar-refractivity contribution >= 4 is 29.9 Å². The van der Waals surface area contributed by atoms with Gasteiger partial charge in [0, 0.05) is 30.8 Å². The van der Waals surface area contributed by atoms with Gasteiger partial charge in [-0.25, -0.2) is 0 Å². The summed E-state index contributed by atoms with van der Waals surface area (Å²) in [5.41, 5.74) is 0.634. The molecule has 0 spiro atoms. The first kappa shape index (κ1) is 20.3. The normalized spacial score (nSPS) is 18.0. The molecule has 1 aromatic rings. The number of hydrogen-bond donors (Lipinski definition) is 2. The zero-order valence-electron chi connectivity index (χ0n) is 15.0. The average Bonchev–Trinajstić information content (AvgIpc) is 3.12. The SMILES string of the molecule is CCN(CC(=O)Nc1ccc2c(c1)OCCO2)C(=O)CC1CCCN1.Cl. The Labute approximate surface area is 159 Å². The van der Waals surface area contributed by atoms with Crippen LogP contribution in [0, 0.1) is 0 Å². The van der Waals surface area contributed by atoms with Gasteiger partial charge in [-0.3, -0.25) is 9.59 Å². The van der Waals surface area contributed by atoms with Crippen LogP contribution in [0.5, 0.6) is 11.5 Å². The number of carbonyl (C=O) groups excluding carboxylic acids is 2. The zero-order chi connectivity index (χ0) is 17.6. The van der Waals surface area contributed by atoms with Crippen LogP contribution in [-0.2, 0) is 9.59 Å². The van der Waals surface area contributed by atoms with Crippen LogP contribution >= 0.6 is 12.4 Å². The van der Waals surface area contributed by atoms with Gasteiger partial charge in [0.2, 0.25) is 11.8 Å². The van der Waals surface area contributed by atoms with Crippen molar-refractivity contribution < 1.29 is 19.1 Å². The standard InChI is InChI=1S/C18H25N3O4.ClH/c1-2-21(18(23)11-13-4-3-7-19-13)12-17(22)20-14-5-6-15-16(10-14)25-9-8-24-15;/h5-6,10,13,19H,2-4,7-9,11-12H2,1H3,(H,20,22);1H. The molecule has 26 heavy (non-hydrogen) atoms. The molecule has 1 aromatic carbocycles. The number of anilines is 1. The van der Waals surface area contributed by atoms with Gasteiger partial charge < -0.3 is 25.0 Å². The molecule has 1 saturated heterocycles. The van der Waals surface area contributed by atoms with Gasteiger partial charge in [0.25, 0.3) is 0 Å². The molecule has 2 heterocycles. The number of halogens is 1. The van der Waals surface area contributed by atoms with Gasteiger partial charge in [0.1, 0.15) is 13.2 Å². The minimum atomic E-state index is -0.216. The summed E-state index contributed by atoms with van der Waals surface area (Å²) in [5.74, 6) is 1.10. The fourth-order valence-corrected chi connectivity index (χ4v) is 3.14. The molecule has 3 rings (SSSR count). The third-order valence-electron chi connectivity index (χ3n) is 4.48. The van der Waals surface area contributed by atoms with Gasteiger partial charge in [-0.15, -0.1) is 12.4 Å². The van der Waals surface area contributed by atoms with Crippen molar-refractivity contribution in [1.82, 2.24) is 10.2 Å². The average molecular weight is 384 g/mol. The maximum absolute atomic E-state index is 12.4. The molecule has 0 radical (unpaired) electrons. The quantitative estimate of drug-likeness (QED) is 0.783. The first-order valence-corrected chi connectivity index (χ1v) is 8.86. The van der Waals surface area contributed by atoms with E-state index in [0.717, 1.165) is 19.4 Å². The first-order chi connectivity index (χ1) is 12.2. The predicted octanol–water partition coefficient (Wildman–Crippen LogP) is 1.81. The van der Waals surface area contributed by atoms with Crippen molar-refractivity contribution in [1.29, 1.82) is 0 Å². The van der Waals surface area contributed by atoms with Crippen LogP contribution in [0.15, 0.2) is 18.2 Å². The molecule has 2 N–H and O–H groups in total. The fraction of sp³-hybridized carbons (Fsp3) is 0.556. The van der Waals surface area contributed by atoms with Crippen molar-refractivity contribution in [2.24, 2.45) is 0 Å². The maximum Gasteiger partial charge on any atom is 0.243 e. The molecule has 0 aromatic heterocycles. The lowest BCUT2D eigenvalue weighted by atomic mass is 10.1. The van der Waals surface area contributed by atoms with E-state index >= 15 is 0 Å². The van der Waals surface area contributed by atoms with Crippen LogP contribution in [0.2, 0.25) is 0 Å². The highest BCUT2D eigenvalue weighted by atomic mass is 35.5. The number of nitrogens with zero attached hydrogens (tertiary/aromatic N) is 1. The number of amides is 2. The number of nitrogens with one attached hydrogen (secondary N) is 2. The van der Waals surface area contributed by atoms with Gasteiger partial charge in [-0.2, -0.15) is 0 Å². The monoisotopic (exact) mass is 383 g/mol. The van der Waals surface area contributed by atoms with Crippen LogP contribution in [0.1, 0.15) is 26.2 Å². The molecule has 0 saturated carbocycles. The van der Waals surface area contributed by atoms with Gasteiger partial charge in [0.05, 0.1) is 6.54 Å². The van der Waals surface area contributed by atoms with E-state index in [1.165, 1.54) is 0 Å². The van der Waals surface area contributed by atoms with Crippen LogP contribution in [0.25, 0.3) is 0 Å². The summed E-state index contributed by atoms with van der Waals surface area (Å²) in [6, 6.07) is 5.53. The molecule has 8 heteroatoms. The summed E-state index contributed by atoms with van der Waals surface area (Å²) >= 11 is 0. The van der Waals surface area contributed by atoms with Crippen molar-refractivity contribution in [2.45, 2.75) is 32.2 Å². The van der Waals surface area contributed by atoms with Crippen molar-refractivity contribution in [3.8, 4) is 11.5 Å². The summed E-state index contributed by atoms with van der Waals surface area (Å²) in [4.78, 5) is 26.3. The molecule has 2 aliphatic heterocycles. The van der Waals surface area contributed by atoms with Crippen LogP contribution < -0.4 is 20.1 Å². The third-order valence-corrected chi connectivity index (χ3v) is 4.48. The summed E-state index contributed by atoms with van der Waals surface area (Å²) in [6.45, 7) is 4.45. The molecule has 2 amide bonds. The molecule has 0 aliphatic carbocycles. The molecule has 1 unspecified atom stereocenters. The highest BCUT2D eigenvalue weighted by molar-refractivity contribution is 5.94. The number of hydrogen-bond acceptors (Lipinski definition) is 5. The number of likely N-dealkylation sites (N-methyl/N-ethyl adjacent to an activating group) is 1. The lowest BCUT2D eigenvalue weighted by Crippen LogP contribution is -2.40. The minimum Gasteiger partial charge on any atom is -0.486 e. The van der Waals surface area contributed by atoms with Crippen LogP contribution in [0.3, 0.4) is 0 Å². The van der Waals surface area contributed by atoms with E-state index in [1.54, 1.807) is 23.1 Å². The lowest BCUT2D eigenvalue weighted by Gasteiger charge is -2.22. The highest BCUT2D eigenvalue weighted by Crippen LogP contribution is 2.32. The largest absolute Gasteiger partial charge is 0.486 e. The van der Waals surface area contributed by atoms with E-state index in [1.807, 2.05) is 6.92 Å². The van der Waals surface area contributed by atoms with E-state index < -0.39 is 0 Å². The van der Waals surface area contributed by atoms with Crippen molar-refractivity contribution in [3.05, 3.63) is 18.2 Å². The Balaban J connectivity index is 0.00000243. The number of carbonyl (C=O) groups is 2. The predicted molar refractivity (Wildman–Crippen MR) is 101 cm³/mol. The van der Waals surface area contributed by atoms with E-state index in [-0.39, 0.29) is 36.8 Å². The Hall–Kier alpha value is -1.99. The summed E-state index contributed by atoms with van der Waals surface area (Å²) in [6.07, 6.45) is 2.58. The second-order valence-electron chi connectivity index (χ2n) is 6.31. The summed E-state index contributed by atoms with van der Waals surface area (Å²) in [7, 11) is 0. The molecule has 1 fully saturated rings. The first-order valence-electron chi connectivity index (χ1n) is 8.86. The molecule has 2 aliphatic rings. The van der Waals surface area contributed by atoms with E-state index in [0.29, 0.717) is 43.4 Å². The molecule has 7 nitrogen and oxygen atoms in total. The fourth-order valence-electron chi connectivity index (χ4n) is 3.14. The van der Waals surface area contributed by atoms with Gasteiger partial charge in [-0.1, -0.05) is 0 Å². The second kappa shape index (κ2) is 9.64.